The highest BCUT2D eigenvalue weighted by molar-refractivity contribution is 5.97. The molecule has 2 N–H and O–H groups in total. The van der Waals surface area contributed by atoms with Crippen molar-refractivity contribution in [1.82, 2.24) is 0 Å². The first-order chi connectivity index (χ1) is 10.3. The Kier molecular flexibility index (Phi) is 3.59. The lowest BCUT2D eigenvalue weighted by Crippen LogP contribution is -2.50. The zero-order valence-electron chi connectivity index (χ0n) is 13.8. The summed E-state index contributed by atoms with van der Waals surface area (Å²) in [5.41, 5.74) is 2.51. The van der Waals surface area contributed by atoms with Crippen molar-refractivity contribution in [3.63, 3.8) is 0 Å². The average molecular weight is 302 g/mol. The van der Waals surface area contributed by atoms with Crippen molar-refractivity contribution in [2.45, 2.75) is 58.3 Å². The zero-order chi connectivity index (χ0) is 16.1. The van der Waals surface area contributed by atoms with Crippen LogP contribution >= 0.6 is 0 Å². The van der Waals surface area contributed by atoms with E-state index in [2.05, 4.69) is 13.8 Å². The van der Waals surface area contributed by atoms with Gasteiger partial charge in [-0.3, -0.25) is 4.79 Å². The van der Waals surface area contributed by atoms with Crippen molar-refractivity contribution in [3.8, 4) is 5.75 Å². The van der Waals surface area contributed by atoms with Crippen LogP contribution < -0.4 is 0 Å². The van der Waals surface area contributed by atoms with E-state index in [9.17, 15) is 15.0 Å². The van der Waals surface area contributed by atoms with E-state index in [4.69, 9.17) is 0 Å². The van der Waals surface area contributed by atoms with Crippen LogP contribution in [0.1, 0.15) is 67.9 Å². The molecule has 2 aliphatic rings. The molecular formula is C19H26O3. The number of carbonyl (C=O) groups excluding carboxylic acids is 1. The number of Topliss-reactive ketones (excluding diaryl/α,β-unsaturated/α-hetero) is 1. The van der Waals surface area contributed by atoms with Crippen molar-refractivity contribution in [2.24, 2.45) is 11.3 Å². The second kappa shape index (κ2) is 5.09. The van der Waals surface area contributed by atoms with Crippen LogP contribution in [0.5, 0.6) is 5.75 Å². The average Bonchev–Trinajstić information content (AvgIpc) is 2.47. The molecule has 1 fully saturated rings. The van der Waals surface area contributed by atoms with Crippen LogP contribution in [0.4, 0.5) is 0 Å². The first-order valence-electron chi connectivity index (χ1n) is 8.30. The number of hydrogen-bond acceptors (Lipinski definition) is 3. The molecule has 3 unspecified atom stereocenters. The van der Waals surface area contributed by atoms with Crippen LogP contribution in [0.3, 0.4) is 0 Å². The van der Waals surface area contributed by atoms with Crippen LogP contribution in [0.15, 0.2) is 12.1 Å². The largest absolute Gasteiger partial charge is 0.507 e. The van der Waals surface area contributed by atoms with Crippen LogP contribution in [0, 0.1) is 11.3 Å². The molecule has 3 nitrogen and oxygen atoms in total. The quantitative estimate of drug-likeness (QED) is 0.821. The molecule has 0 aliphatic heterocycles. The predicted molar refractivity (Wildman–Crippen MR) is 86.3 cm³/mol. The van der Waals surface area contributed by atoms with Gasteiger partial charge in [-0.25, -0.2) is 0 Å². The summed E-state index contributed by atoms with van der Waals surface area (Å²) in [6.07, 6.45) is 5.00. The number of phenolic OH excluding ortho intramolecular Hbond substituents is 1. The number of carbonyl (C=O) groups is 1. The highest BCUT2D eigenvalue weighted by Crippen LogP contribution is 2.58. The first-order valence-corrected chi connectivity index (χ1v) is 8.30. The van der Waals surface area contributed by atoms with E-state index in [1.165, 1.54) is 12.5 Å². The van der Waals surface area contributed by atoms with Crippen LogP contribution in [-0.4, -0.2) is 22.6 Å². The summed E-state index contributed by atoms with van der Waals surface area (Å²) < 4.78 is 0. The second-order valence-corrected chi connectivity index (χ2v) is 7.72. The van der Waals surface area contributed by atoms with E-state index < -0.39 is 0 Å². The molecule has 0 radical (unpaired) electrons. The lowest BCUT2D eigenvalue weighted by Gasteiger charge is -2.55. The maximum Gasteiger partial charge on any atom is 0.163 e. The molecule has 22 heavy (non-hydrogen) atoms. The summed E-state index contributed by atoms with van der Waals surface area (Å²) >= 11 is 0. The number of hydrogen-bond donors (Lipinski definition) is 2. The third kappa shape index (κ3) is 2.02. The molecule has 0 saturated heterocycles. The number of rotatable bonds is 2. The molecule has 3 heteroatoms. The summed E-state index contributed by atoms with van der Waals surface area (Å²) in [5, 5.41) is 20.5. The van der Waals surface area contributed by atoms with Gasteiger partial charge in [0.2, 0.25) is 0 Å². The van der Waals surface area contributed by atoms with Gasteiger partial charge < -0.3 is 10.2 Å². The summed E-state index contributed by atoms with van der Waals surface area (Å²) in [6.45, 7) is 6.19. The molecule has 0 bridgehead atoms. The monoisotopic (exact) mass is 302 g/mol. The molecule has 2 aliphatic carbocycles. The van der Waals surface area contributed by atoms with E-state index in [0.29, 0.717) is 11.5 Å². The molecule has 1 aromatic rings. The molecule has 0 spiro atoms. The SMILES string of the molecule is CC(=O)c1ccc2c(c1O)CCC1C(C)(CO)CCCC21C. The van der Waals surface area contributed by atoms with Crippen molar-refractivity contribution >= 4 is 5.78 Å². The Hall–Kier alpha value is -1.35. The third-order valence-electron chi connectivity index (χ3n) is 6.38. The second-order valence-electron chi connectivity index (χ2n) is 7.72. The Balaban J connectivity index is 2.14. The number of ketones is 1. The Bertz CT molecular complexity index is 621. The maximum absolute atomic E-state index is 11.7. The Labute approximate surface area is 132 Å². The molecule has 1 saturated carbocycles. The van der Waals surface area contributed by atoms with Gasteiger partial charge in [0.05, 0.1) is 5.56 Å². The molecular weight excluding hydrogens is 276 g/mol. The van der Waals surface area contributed by atoms with Gasteiger partial charge in [0.1, 0.15) is 5.75 Å². The molecule has 120 valence electrons. The Morgan fingerprint density at radius 2 is 2.05 bits per heavy atom. The van der Waals surface area contributed by atoms with E-state index in [1.807, 2.05) is 6.07 Å². The summed E-state index contributed by atoms with van der Waals surface area (Å²) in [4.78, 5) is 11.7. The number of aliphatic hydroxyl groups excluding tert-OH is 1. The van der Waals surface area contributed by atoms with Crippen LogP contribution in [0.25, 0.3) is 0 Å². The smallest absolute Gasteiger partial charge is 0.163 e. The minimum absolute atomic E-state index is 0.0177. The highest BCUT2D eigenvalue weighted by Gasteiger charge is 2.51. The van der Waals surface area contributed by atoms with Gasteiger partial charge in [0.25, 0.3) is 0 Å². The predicted octanol–water partition coefficient (Wildman–Crippen LogP) is 3.60. The molecule has 3 rings (SSSR count). The standard InChI is InChI=1S/C19H26O3/c1-12(21)13-5-7-15-14(17(13)22)6-8-16-18(2,11-20)9-4-10-19(15,16)3/h5,7,16,20,22H,4,6,8-11H2,1-3H3. The third-order valence-corrected chi connectivity index (χ3v) is 6.38. The van der Waals surface area contributed by atoms with Crippen molar-refractivity contribution in [2.75, 3.05) is 6.61 Å². The van der Waals surface area contributed by atoms with Crippen LogP contribution in [0.2, 0.25) is 0 Å². The minimum Gasteiger partial charge on any atom is -0.507 e. The van der Waals surface area contributed by atoms with Gasteiger partial charge in [-0.2, -0.15) is 0 Å². The molecule has 0 aromatic heterocycles. The maximum atomic E-state index is 11.7. The lowest BCUT2D eigenvalue weighted by molar-refractivity contribution is -0.0181. The highest BCUT2D eigenvalue weighted by atomic mass is 16.3. The van der Waals surface area contributed by atoms with Crippen molar-refractivity contribution < 1.29 is 15.0 Å². The number of phenols is 1. The zero-order valence-corrected chi connectivity index (χ0v) is 13.8. The summed E-state index contributed by atoms with van der Waals surface area (Å²) in [6, 6.07) is 3.82. The number of benzene rings is 1. The molecule has 1 aromatic carbocycles. The van der Waals surface area contributed by atoms with E-state index in [0.717, 1.165) is 37.7 Å². The molecule has 3 atom stereocenters. The number of aromatic hydroxyl groups is 1. The van der Waals surface area contributed by atoms with E-state index in [1.54, 1.807) is 6.07 Å². The summed E-state index contributed by atoms with van der Waals surface area (Å²) in [5.74, 6) is 0.520. The molecule has 0 heterocycles. The van der Waals surface area contributed by atoms with Gasteiger partial charge >= 0.3 is 0 Å². The van der Waals surface area contributed by atoms with Gasteiger partial charge in [0.15, 0.2) is 5.78 Å². The topological polar surface area (TPSA) is 57.5 Å². The normalized spacial score (nSPS) is 33.9. The van der Waals surface area contributed by atoms with Crippen molar-refractivity contribution in [3.05, 3.63) is 28.8 Å². The Morgan fingerprint density at radius 1 is 1.32 bits per heavy atom. The van der Waals surface area contributed by atoms with E-state index in [-0.39, 0.29) is 29.0 Å². The fraction of sp³-hybridized carbons (Fsp3) is 0.632. The minimum atomic E-state index is -0.0867. The van der Waals surface area contributed by atoms with Gasteiger partial charge in [0, 0.05) is 6.61 Å². The van der Waals surface area contributed by atoms with Crippen LogP contribution in [-0.2, 0) is 11.8 Å². The van der Waals surface area contributed by atoms with Gasteiger partial charge in [-0.15, -0.1) is 0 Å². The van der Waals surface area contributed by atoms with Gasteiger partial charge in [-0.1, -0.05) is 26.3 Å². The lowest BCUT2D eigenvalue weighted by atomic mass is 9.50. The van der Waals surface area contributed by atoms with Gasteiger partial charge in [-0.05, 0) is 66.5 Å². The first kappa shape index (κ1) is 15.5. The number of fused-ring (bicyclic) bond motifs is 3. The molecule has 0 amide bonds. The van der Waals surface area contributed by atoms with E-state index >= 15 is 0 Å². The number of aliphatic hydroxyl groups is 1. The van der Waals surface area contributed by atoms with Crippen molar-refractivity contribution in [1.29, 1.82) is 0 Å². The summed E-state index contributed by atoms with van der Waals surface area (Å²) in [7, 11) is 0. The fourth-order valence-corrected chi connectivity index (χ4v) is 5.15. The fourth-order valence-electron chi connectivity index (χ4n) is 5.15. The Morgan fingerprint density at radius 3 is 2.68 bits per heavy atom.